The van der Waals surface area contributed by atoms with Crippen molar-refractivity contribution in [2.24, 2.45) is 11.8 Å². The van der Waals surface area contributed by atoms with Crippen molar-refractivity contribution in [1.29, 1.82) is 0 Å². The molecule has 2 rings (SSSR count). The number of rotatable bonds is 2. The Kier molecular flexibility index (Phi) is 3.99. The molecule has 0 unspecified atom stereocenters. The third kappa shape index (κ3) is 2.50. The molecule has 1 aliphatic heterocycles. The maximum Gasteiger partial charge on any atom is 0.308 e. The average Bonchev–Trinajstić information content (AvgIpc) is 2.78. The normalized spacial score (nSPS) is 22.1. The number of carboxylic acid groups (broad SMARTS) is 1. The molecule has 1 aromatic rings. The quantitative estimate of drug-likeness (QED) is 0.913. The lowest BCUT2D eigenvalue weighted by atomic mass is 9.99. The number of aryl methyl sites for hydroxylation is 1. The van der Waals surface area contributed by atoms with Crippen LogP contribution in [-0.4, -0.2) is 35.0 Å². The molecule has 0 radical (unpaired) electrons. The van der Waals surface area contributed by atoms with Gasteiger partial charge in [0.15, 0.2) is 5.82 Å². The van der Waals surface area contributed by atoms with Gasteiger partial charge in [0.05, 0.1) is 16.5 Å². The number of nitrogens with zero attached hydrogens (tertiary/aromatic N) is 1. The summed E-state index contributed by atoms with van der Waals surface area (Å²) in [6.45, 7) is 3.82. The van der Waals surface area contributed by atoms with Crippen molar-refractivity contribution in [1.82, 2.24) is 4.90 Å². The van der Waals surface area contributed by atoms with Crippen LogP contribution in [-0.2, 0) is 4.79 Å². The van der Waals surface area contributed by atoms with Crippen LogP contribution < -0.4 is 0 Å². The van der Waals surface area contributed by atoms with Gasteiger partial charge in [0.2, 0.25) is 0 Å². The van der Waals surface area contributed by atoms with Crippen molar-refractivity contribution in [3.05, 3.63) is 34.1 Å². The zero-order valence-corrected chi connectivity index (χ0v) is 11.9. The first-order valence-corrected chi connectivity index (χ1v) is 6.67. The summed E-state index contributed by atoms with van der Waals surface area (Å²) in [5.74, 6) is -2.96. The summed E-state index contributed by atoms with van der Waals surface area (Å²) in [4.78, 5) is 24.7. The Balaban J connectivity index is 2.26. The standard InChI is InChI=1S/C14H15ClFNO3/c1-7-3-4-9(12(16)11(7)15)13(18)17-5-8(2)10(6-17)14(19)20/h3-4,8,10H,5-6H2,1-2H3,(H,19,20)/t8-,10-/m1/s1. The van der Waals surface area contributed by atoms with E-state index in [9.17, 15) is 14.0 Å². The largest absolute Gasteiger partial charge is 0.481 e. The molecule has 2 atom stereocenters. The Labute approximate surface area is 121 Å². The highest BCUT2D eigenvalue weighted by molar-refractivity contribution is 6.31. The van der Waals surface area contributed by atoms with E-state index < -0.39 is 23.6 Å². The highest BCUT2D eigenvalue weighted by Gasteiger charge is 2.37. The first-order chi connectivity index (χ1) is 9.32. The average molecular weight is 300 g/mol. The van der Waals surface area contributed by atoms with E-state index in [0.29, 0.717) is 12.1 Å². The minimum Gasteiger partial charge on any atom is -0.481 e. The van der Waals surface area contributed by atoms with Crippen LogP contribution in [0.2, 0.25) is 5.02 Å². The van der Waals surface area contributed by atoms with Gasteiger partial charge in [-0.25, -0.2) is 4.39 Å². The number of aliphatic carboxylic acids is 1. The van der Waals surface area contributed by atoms with Gasteiger partial charge >= 0.3 is 5.97 Å². The molecule has 4 nitrogen and oxygen atoms in total. The lowest BCUT2D eigenvalue weighted by Crippen LogP contribution is -2.30. The Morgan fingerprint density at radius 3 is 2.60 bits per heavy atom. The number of carboxylic acids is 1. The summed E-state index contributed by atoms with van der Waals surface area (Å²) < 4.78 is 14.0. The molecular formula is C14H15ClFNO3. The van der Waals surface area contributed by atoms with Crippen molar-refractivity contribution in [2.75, 3.05) is 13.1 Å². The number of carbonyl (C=O) groups excluding carboxylic acids is 1. The van der Waals surface area contributed by atoms with Crippen LogP contribution in [0.15, 0.2) is 12.1 Å². The van der Waals surface area contributed by atoms with Crippen molar-refractivity contribution < 1.29 is 19.1 Å². The van der Waals surface area contributed by atoms with Gasteiger partial charge in [0.1, 0.15) is 0 Å². The number of likely N-dealkylation sites (tertiary alicyclic amines) is 1. The predicted octanol–water partition coefficient (Wildman–Crippen LogP) is 2.58. The molecule has 1 N–H and O–H groups in total. The molecule has 0 spiro atoms. The van der Waals surface area contributed by atoms with Crippen LogP contribution in [0.1, 0.15) is 22.8 Å². The molecule has 1 amide bonds. The molecule has 0 saturated carbocycles. The van der Waals surface area contributed by atoms with Crippen molar-refractivity contribution in [3.8, 4) is 0 Å². The van der Waals surface area contributed by atoms with Crippen LogP contribution in [0.3, 0.4) is 0 Å². The van der Waals surface area contributed by atoms with Crippen molar-refractivity contribution >= 4 is 23.5 Å². The Morgan fingerprint density at radius 2 is 2.05 bits per heavy atom. The Morgan fingerprint density at radius 1 is 1.40 bits per heavy atom. The van der Waals surface area contributed by atoms with Crippen molar-refractivity contribution in [2.45, 2.75) is 13.8 Å². The van der Waals surface area contributed by atoms with E-state index in [4.69, 9.17) is 16.7 Å². The summed E-state index contributed by atoms with van der Waals surface area (Å²) >= 11 is 5.80. The van der Waals surface area contributed by atoms with Crippen LogP contribution in [0.4, 0.5) is 4.39 Å². The number of carbonyl (C=O) groups is 2. The summed E-state index contributed by atoms with van der Waals surface area (Å²) in [7, 11) is 0. The maximum absolute atomic E-state index is 14.0. The van der Waals surface area contributed by atoms with Gasteiger partial charge in [-0.2, -0.15) is 0 Å². The SMILES string of the molecule is Cc1ccc(C(=O)N2C[C@@H](C)[C@H](C(=O)O)C2)c(F)c1Cl. The predicted molar refractivity (Wildman–Crippen MR) is 72.3 cm³/mol. The van der Waals surface area contributed by atoms with Crippen LogP contribution in [0, 0.1) is 24.6 Å². The van der Waals surface area contributed by atoms with Gasteiger partial charge in [0, 0.05) is 13.1 Å². The molecule has 1 fully saturated rings. The summed E-state index contributed by atoms with van der Waals surface area (Å²) in [6, 6.07) is 2.96. The van der Waals surface area contributed by atoms with Gasteiger partial charge in [-0.05, 0) is 24.5 Å². The second kappa shape index (κ2) is 5.40. The number of halogens is 2. The zero-order valence-electron chi connectivity index (χ0n) is 11.2. The minimum atomic E-state index is -0.935. The summed E-state index contributed by atoms with van der Waals surface area (Å²) in [5.41, 5.74) is 0.442. The van der Waals surface area contributed by atoms with E-state index in [1.807, 2.05) is 0 Å². The fourth-order valence-corrected chi connectivity index (χ4v) is 2.60. The third-order valence-corrected chi connectivity index (χ3v) is 4.19. The Hall–Kier alpha value is -1.62. The molecule has 0 aliphatic carbocycles. The minimum absolute atomic E-state index is 0.0714. The third-order valence-electron chi connectivity index (χ3n) is 3.72. The molecule has 1 aliphatic rings. The van der Waals surface area contributed by atoms with E-state index >= 15 is 0 Å². The van der Waals surface area contributed by atoms with Gasteiger partial charge in [0.25, 0.3) is 5.91 Å². The van der Waals surface area contributed by atoms with Gasteiger partial charge in [-0.3, -0.25) is 9.59 Å². The lowest BCUT2D eigenvalue weighted by Gasteiger charge is -2.17. The zero-order chi connectivity index (χ0) is 15.0. The first-order valence-electron chi connectivity index (χ1n) is 6.29. The fraction of sp³-hybridized carbons (Fsp3) is 0.429. The number of hydrogen-bond donors (Lipinski definition) is 1. The molecule has 1 aromatic carbocycles. The monoisotopic (exact) mass is 299 g/mol. The first kappa shape index (κ1) is 14.8. The molecular weight excluding hydrogens is 285 g/mol. The van der Waals surface area contributed by atoms with Gasteiger partial charge in [-0.1, -0.05) is 24.6 Å². The smallest absolute Gasteiger partial charge is 0.308 e. The topological polar surface area (TPSA) is 57.6 Å². The Bertz CT molecular complexity index is 576. The molecule has 0 aromatic heterocycles. The highest BCUT2D eigenvalue weighted by Crippen LogP contribution is 2.28. The van der Waals surface area contributed by atoms with E-state index in [1.165, 1.54) is 11.0 Å². The van der Waals surface area contributed by atoms with Crippen LogP contribution in [0.5, 0.6) is 0 Å². The molecule has 1 heterocycles. The number of benzene rings is 1. The second-order valence-corrected chi connectivity index (χ2v) is 5.57. The van der Waals surface area contributed by atoms with Crippen LogP contribution >= 0.6 is 11.6 Å². The molecule has 1 saturated heterocycles. The van der Waals surface area contributed by atoms with E-state index in [-0.39, 0.29) is 23.0 Å². The molecule has 108 valence electrons. The molecule has 0 bridgehead atoms. The maximum atomic E-state index is 14.0. The number of amides is 1. The fourth-order valence-electron chi connectivity index (χ4n) is 2.44. The molecule has 20 heavy (non-hydrogen) atoms. The summed E-state index contributed by atoms with van der Waals surface area (Å²) in [6.07, 6.45) is 0. The van der Waals surface area contributed by atoms with Gasteiger partial charge in [-0.15, -0.1) is 0 Å². The highest BCUT2D eigenvalue weighted by atomic mass is 35.5. The lowest BCUT2D eigenvalue weighted by molar-refractivity contribution is -0.142. The van der Waals surface area contributed by atoms with Gasteiger partial charge < -0.3 is 10.0 Å². The van der Waals surface area contributed by atoms with E-state index in [0.717, 1.165) is 0 Å². The molecule has 6 heteroatoms. The van der Waals surface area contributed by atoms with Crippen molar-refractivity contribution in [3.63, 3.8) is 0 Å². The number of hydrogen-bond acceptors (Lipinski definition) is 2. The second-order valence-electron chi connectivity index (χ2n) is 5.19. The summed E-state index contributed by atoms with van der Waals surface area (Å²) in [5, 5.41) is 8.98. The van der Waals surface area contributed by atoms with Crippen LogP contribution in [0.25, 0.3) is 0 Å². The van der Waals surface area contributed by atoms with E-state index in [2.05, 4.69) is 0 Å². The van der Waals surface area contributed by atoms with E-state index in [1.54, 1.807) is 19.9 Å².